The monoisotopic (exact) mass is 167 g/mol. The van der Waals surface area contributed by atoms with E-state index in [0.29, 0.717) is 5.56 Å². The van der Waals surface area contributed by atoms with Crippen molar-refractivity contribution in [2.75, 3.05) is 0 Å². The number of nitrogens with two attached hydrogens (primary N) is 1. The Morgan fingerprint density at radius 1 is 1.25 bits per heavy atom. The molecule has 12 heavy (non-hydrogen) atoms. The summed E-state index contributed by atoms with van der Waals surface area (Å²) in [6.07, 6.45) is 0. The van der Waals surface area contributed by atoms with Crippen LogP contribution in [0.25, 0.3) is 0 Å². The molecule has 0 aliphatic rings. The van der Waals surface area contributed by atoms with Crippen LogP contribution in [0.1, 0.15) is 25.5 Å². The lowest BCUT2D eigenvalue weighted by Gasteiger charge is -2.16. The first-order chi connectivity index (χ1) is 5.63. The summed E-state index contributed by atoms with van der Waals surface area (Å²) in [5, 5.41) is 0. The van der Waals surface area contributed by atoms with Crippen LogP contribution in [0.2, 0.25) is 0 Å². The van der Waals surface area contributed by atoms with Crippen LogP contribution in [0.15, 0.2) is 24.3 Å². The molecule has 1 aromatic rings. The first kappa shape index (κ1) is 9.20. The molecule has 0 radical (unpaired) electrons. The Kier molecular flexibility index (Phi) is 2.82. The molecule has 0 heterocycles. The lowest BCUT2D eigenvalue weighted by Crippen LogP contribution is -2.17. The maximum atomic E-state index is 13.1. The average molecular weight is 167 g/mol. The van der Waals surface area contributed by atoms with Gasteiger partial charge in [-0.3, -0.25) is 0 Å². The first-order valence-electron chi connectivity index (χ1n) is 4.13. The van der Waals surface area contributed by atoms with Crippen LogP contribution < -0.4 is 5.73 Å². The van der Waals surface area contributed by atoms with E-state index in [1.807, 2.05) is 13.8 Å². The maximum absolute atomic E-state index is 13.1. The predicted molar refractivity (Wildman–Crippen MR) is 48.2 cm³/mol. The predicted octanol–water partition coefficient (Wildman–Crippen LogP) is 2.48. The van der Waals surface area contributed by atoms with Gasteiger partial charge in [0.15, 0.2) is 0 Å². The van der Waals surface area contributed by atoms with Gasteiger partial charge in [0.05, 0.1) is 0 Å². The van der Waals surface area contributed by atoms with Crippen molar-refractivity contribution in [2.24, 2.45) is 11.7 Å². The van der Waals surface area contributed by atoms with Gasteiger partial charge in [0.1, 0.15) is 5.82 Å². The number of benzene rings is 1. The van der Waals surface area contributed by atoms with E-state index in [-0.39, 0.29) is 17.8 Å². The van der Waals surface area contributed by atoms with Gasteiger partial charge in [-0.2, -0.15) is 0 Å². The molecule has 0 aliphatic carbocycles. The second-order valence-corrected chi connectivity index (χ2v) is 3.29. The minimum absolute atomic E-state index is 0.203. The van der Waals surface area contributed by atoms with Crippen LogP contribution in [-0.2, 0) is 0 Å². The summed E-state index contributed by atoms with van der Waals surface area (Å²) >= 11 is 0. The van der Waals surface area contributed by atoms with Crippen molar-refractivity contribution in [2.45, 2.75) is 19.9 Å². The summed E-state index contributed by atoms with van der Waals surface area (Å²) in [5.41, 5.74) is 6.40. The van der Waals surface area contributed by atoms with Crippen molar-refractivity contribution >= 4 is 0 Å². The third-order valence-electron chi connectivity index (χ3n) is 1.98. The number of hydrogen-bond acceptors (Lipinski definition) is 1. The number of rotatable bonds is 2. The fourth-order valence-corrected chi connectivity index (χ4v) is 1.10. The molecule has 66 valence electrons. The summed E-state index contributed by atoms with van der Waals surface area (Å²) in [6, 6.07) is 6.45. The van der Waals surface area contributed by atoms with Crippen molar-refractivity contribution in [1.82, 2.24) is 0 Å². The van der Waals surface area contributed by atoms with E-state index in [1.54, 1.807) is 18.2 Å². The molecule has 0 aliphatic heterocycles. The Morgan fingerprint density at radius 3 is 2.33 bits per heavy atom. The van der Waals surface area contributed by atoms with E-state index < -0.39 is 0 Å². The highest BCUT2D eigenvalue weighted by Crippen LogP contribution is 2.20. The minimum atomic E-state index is -0.210. The first-order valence-corrected chi connectivity index (χ1v) is 4.13. The lowest BCUT2D eigenvalue weighted by molar-refractivity contribution is 0.485. The quantitative estimate of drug-likeness (QED) is 0.719. The molecule has 0 amide bonds. The third-order valence-corrected chi connectivity index (χ3v) is 1.98. The van der Waals surface area contributed by atoms with Crippen molar-refractivity contribution in [3.8, 4) is 0 Å². The Labute approximate surface area is 72.4 Å². The fraction of sp³-hybridized carbons (Fsp3) is 0.400. The molecule has 0 fully saturated rings. The molecule has 0 spiro atoms. The summed E-state index contributed by atoms with van der Waals surface area (Å²) in [7, 11) is 0. The highest BCUT2D eigenvalue weighted by Gasteiger charge is 2.13. The average Bonchev–Trinajstić information content (AvgIpc) is 2.04. The van der Waals surface area contributed by atoms with Crippen molar-refractivity contribution in [1.29, 1.82) is 0 Å². The highest BCUT2D eigenvalue weighted by atomic mass is 19.1. The highest BCUT2D eigenvalue weighted by molar-refractivity contribution is 5.21. The van der Waals surface area contributed by atoms with Gasteiger partial charge in [-0.15, -0.1) is 0 Å². The van der Waals surface area contributed by atoms with Gasteiger partial charge in [-0.25, -0.2) is 4.39 Å². The molecule has 1 atom stereocenters. The van der Waals surface area contributed by atoms with Gasteiger partial charge in [0, 0.05) is 11.6 Å². The minimum Gasteiger partial charge on any atom is -0.324 e. The molecule has 0 unspecified atom stereocenters. The van der Waals surface area contributed by atoms with Gasteiger partial charge in [-0.05, 0) is 12.0 Å². The molecular weight excluding hydrogens is 153 g/mol. The van der Waals surface area contributed by atoms with Crippen molar-refractivity contribution in [3.05, 3.63) is 35.6 Å². The smallest absolute Gasteiger partial charge is 0.127 e. The molecule has 1 nitrogen and oxygen atoms in total. The van der Waals surface area contributed by atoms with Crippen LogP contribution in [0.4, 0.5) is 4.39 Å². The van der Waals surface area contributed by atoms with Gasteiger partial charge in [-0.1, -0.05) is 32.0 Å². The zero-order valence-corrected chi connectivity index (χ0v) is 7.42. The van der Waals surface area contributed by atoms with Crippen molar-refractivity contribution < 1.29 is 4.39 Å². The topological polar surface area (TPSA) is 26.0 Å². The van der Waals surface area contributed by atoms with E-state index in [0.717, 1.165) is 0 Å². The van der Waals surface area contributed by atoms with Gasteiger partial charge >= 0.3 is 0 Å². The second kappa shape index (κ2) is 3.68. The zero-order chi connectivity index (χ0) is 9.14. The standard InChI is InChI=1S/C10H14FN/c1-7(2)10(12)8-5-3-4-6-9(8)11/h3-7,10H,12H2,1-2H3/t10-/m0/s1. The van der Waals surface area contributed by atoms with E-state index in [4.69, 9.17) is 5.73 Å². The molecule has 0 saturated heterocycles. The molecule has 0 saturated carbocycles. The normalized spacial score (nSPS) is 13.4. The Hall–Kier alpha value is -0.890. The lowest BCUT2D eigenvalue weighted by atomic mass is 9.97. The van der Waals surface area contributed by atoms with Crippen LogP contribution in [0.3, 0.4) is 0 Å². The van der Waals surface area contributed by atoms with Gasteiger partial charge in [0.2, 0.25) is 0 Å². The molecule has 0 aromatic heterocycles. The van der Waals surface area contributed by atoms with Crippen LogP contribution in [0, 0.1) is 11.7 Å². The van der Waals surface area contributed by atoms with E-state index in [2.05, 4.69) is 0 Å². The summed E-state index contributed by atoms with van der Waals surface area (Å²) in [4.78, 5) is 0. The number of hydrogen-bond donors (Lipinski definition) is 1. The third kappa shape index (κ3) is 1.83. The molecule has 0 bridgehead atoms. The molecule has 1 aromatic carbocycles. The van der Waals surface area contributed by atoms with E-state index in [9.17, 15) is 4.39 Å². The Bertz CT molecular complexity index is 258. The summed E-state index contributed by atoms with van der Waals surface area (Å²) in [5.74, 6) is 0.0561. The maximum Gasteiger partial charge on any atom is 0.127 e. The fourth-order valence-electron chi connectivity index (χ4n) is 1.10. The summed E-state index contributed by atoms with van der Waals surface area (Å²) in [6.45, 7) is 3.97. The molecule has 1 rings (SSSR count). The van der Waals surface area contributed by atoms with Crippen molar-refractivity contribution in [3.63, 3.8) is 0 Å². The second-order valence-electron chi connectivity index (χ2n) is 3.29. The molecular formula is C10H14FN. The zero-order valence-electron chi connectivity index (χ0n) is 7.42. The Morgan fingerprint density at radius 2 is 1.83 bits per heavy atom. The molecule has 2 heteroatoms. The Balaban J connectivity index is 2.94. The van der Waals surface area contributed by atoms with Gasteiger partial charge < -0.3 is 5.73 Å². The van der Waals surface area contributed by atoms with Crippen LogP contribution in [-0.4, -0.2) is 0 Å². The van der Waals surface area contributed by atoms with E-state index >= 15 is 0 Å². The summed E-state index contributed by atoms with van der Waals surface area (Å²) < 4.78 is 13.1. The largest absolute Gasteiger partial charge is 0.324 e. The SMILES string of the molecule is CC(C)[C@H](N)c1ccccc1F. The molecule has 2 N–H and O–H groups in total. The van der Waals surface area contributed by atoms with Crippen LogP contribution >= 0.6 is 0 Å². The van der Waals surface area contributed by atoms with Gasteiger partial charge in [0.25, 0.3) is 0 Å². The van der Waals surface area contributed by atoms with E-state index in [1.165, 1.54) is 6.07 Å². The number of halogens is 1. The van der Waals surface area contributed by atoms with Crippen LogP contribution in [0.5, 0.6) is 0 Å².